The van der Waals surface area contributed by atoms with Gasteiger partial charge in [0.1, 0.15) is 5.75 Å². The van der Waals surface area contributed by atoms with Crippen molar-refractivity contribution in [1.82, 2.24) is 0 Å². The summed E-state index contributed by atoms with van der Waals surface area (Å²) >= 11 is 0. The number of ketones is 1. The molecule has 0 unspecified atom stereocenters. The Bertz CT molecular complexity index is 1030. The van der Waals surface area contributed by atoms with E-state index in [0.717, 1.165) is 0 Å². The predicted octanol–water partition coefficient (Wildman–Crippen LogP) is 4.67. The molecule has 0 aliphatic rings. The maximum atomic E-state index is 13.1. The van der Waals surface area contributed by atoms with Crippen molar-refractivity contribution < 1.29 is 23.8 Å². The highest BCUT2D eigenvalue weighted by molar-refractivity contribution is 5.96. The molecule has 0 radical (unpaired) electrons. The van der Waals surface area contributed by atoms with Gasteiger partial charge in [0.2, 0.25) is 6.10 Å². The van der Waals surface area contributed by atoms with Crippen LogP contribution in [0.1, 0.15) is 28.9 Å². The highest BCUT2D eigenvalue weighted by atomic mass is 16.5. The van der Waals surface area contributed by atoms with Crippen LogP contribution in [0.25, 0.3) is 0 Å². The lowest BCUT2D eigenvalue weighted by Crippen LogP contribution is -2.26. The Morgan fingerprint density at radius 2 is 1.60 bits per heavy atom. The second kappa shape index (κ2) is 9.60. The third-order valence-electron chi connectivity index (χ3n) is 4.49. The number of Topliss-reactive ketones (excluding diaryl/α,β-unsaturated/α-hetero) is 1. The molecule has 0 aliphatic heterocycles. The van der Waals surface area contributed by atoms with Crippen LogP contribution in [0.4, 0.5) is 5.69 Å². The molecular weight excluding hydrogens is 382 g/mol. The quantitative estimate of drug-likeness (QED) is 0.552. The summed E-state index contributed by atoms with van der Waals surface area (Å²) in [4.78, 5) is 24.8. The monoisotopic (exact) mass is 405 g/mol. The van der Waals surface area contributed by atoms with E-state index in [4.69, 9.17) is 14.2 Å². The highest BCUT2D eigenvalue weighted by Gasteiger charge is 2.24. The fourth-order valence-electron chi connectivity index (χ4n) is 2.92. The molecule has 3 rings (SSSR count). The van der Waals surface area contributed by atoms with Gasteiger partial charge in [0.25, 0.3) is 5.91 Å². The van der Waals surface area contributed by atoms with Gasteiger partial charge in [-0.2, -0.15) is 0 Å². The van der Waals surface area contributed by atoms with Crippen molar-refractivity contribution in [2.24, 2.45) is 0 Å². The number of hydrogen-bond donors (Lipinski definition) is 1. The van der Waals surface area contributed by atoms with E-state index in [9.17, 15) is 9.59 Å². The lowest BCUT2D eigenvalue weighted by molar-refractivity contribution is -0.123. The summed E-state index contributed by atoms with van der Waals surface area (Å²) in [5.41, 5.74) is 1.76. The molecule has 3 aromatic rings. The average molecular weight is 405 g/mol. The lowest BCUT2D eigenvalue weighted by Gasteiger charge is -2.21. The van der Waals surface area contributed by atoms with Gasteiger partial charge in [0, 0.05) is 22.9 Å². The molecular formula is C24H23NO5. The van der Waals surface area contributed by atoms with Crippen molar-refractivity contribution in [3.8, 4) is 17.2 Å². The number of rotatable bonds is 8. The molecule has 0 bridgehead atoms. The molecule has 6 heteroatoms. The van der Waals surface area contributed by atoms with Gasteiger partial charge in [0.15, 0.2) is 17.3 Å². The van der Waals surface area contributed by atoms with Gasteiger partial charge in [-0.1, -0.05) is 36.4 Å². The summed E-state index contributed by atoms with van der Waals surface area (Å²) in [5.74, 6) is 0.920. The van der Waals surface area contributed by atoms with E-state index in [1.54, 1.807) is 49.6 Å². The number of carbonyl (C=O) groups excluding carboxylic acids is 2. The summed E-state index contributed by atoms with van der Waals surface area (Å²) in [6, 6.07) is 21.1. The average Bonchev–Trinajstić information content (AvgIpc) is 2.77. The third-order valence-corrected chi connectivity index (χ3v) is 4.49. The Labute approximate surface area is 175 Å². The first-order chi connectivity index (χ1) is 14.5. The van der Waals surface area contributed by atoms with Crippen LogP contribution in [0, 0.1) is 0 Å². The molecule has 154 valence electrons. The number of amides is 1. The number of carbonyl (C=O) groups is 2. The van der Waals surface area contributed by atoms with Gasteiger partial charge in [-0.15, -0.1) is 0 Å². The number of anilines is 1. The predicted molar refractivity (Wildman–Crippen MR) is 114 cm³/mol. The zero-order valence-electron chi connectivity index (χ0n) is 17.0. The van der Waals surface area contributed by atoms with Crippen LogP contribution in [0.2, 0.25) is 0 Å². The highest BCUT2D eigenvalue weighted by Crippen LogP contribution is 2.33. The summed E-state index contributed by atoms with van der Waals surface area (Å²) in [6.07, 6.45) is -0.936. The largest absolute Gasteiger partial charge is 0.497 e. The van der Waals surface area contributed by atoms with Gasteiger partial charge >= 0.3 is 0 Å². The van der Waals surface area contributed by atoms with Crippen molar-refractivity contribution in [3.63, 3.8) is 0 Å². The lowest BCUT2D eigenvalue weighted by atomic mass is 10.1. The fraction of sp³-hybridized carbons (Fsp3) is 0.167. The third kappa shape index (κ3) is 4.97. The molecule has 0 spiro atoms. The Morgan fingerprint density at radius 1 is 0.833 bits per heavy atom. The standard InChI is InChI=1S/C24H23NO5/c1-16(26)18-12-13-21(22(14-18)29-3)30-23(17-8-5-4-6-9-17)24(27)25-19-10-7-11-20(15-19)28-2/h4-15,23H,1-3H3,(H,25,27)/t23-/m1/s1. The molecule has 3 aromatic carbocycles. The van der Waals surface area contributed by atoms with E-state index in [2.05, 4.69) is 5.32 Å². The number of hydrogen-bond acceptors (Lipinski definition) is 5. The van der Waals surface area contributed by atoms with Crippen molar-refractivity contribution in [1.29, 1.82) is 0 Å². The number of benzene rings is 3. The van der Waals surface area contributed by atoms with Crippen LogP contribution in [0.3, 0.4) is 0 Å². The maximum absolute atomic E-state index is 13.1. The first-order valence-electron chi connectivity index (χ1n) is 9.37. The zero-order valence-corrected chi connectivity index (χ0v) is 17.0. The number of methoxy groups -OCH3 is 2. The summed E-state index contributed by atoms with van der Waals surface area (Å²) in [7, 11) is 3.05. The molecule has 30 heavy (non-hydrogen) atoms. The molecule has 1 atom stereocenters. The van der Waals surface area contributed by atoms with E-state index < -0.39 is 6.10 Å². The summed E-state index contributed by atoms with van der Waals surface area (Å²) < 4.78 is 16.7. The van der Waals surface area contributed by atoms with Crippen LogP contribution in [0.5, 0.6) is 17.2 Å². The molecule has 0 fully saturated rings. The zero-order chi connectivity index (χ0) is 21.5. The normalized spacial score (nSPS) is 11.3. The topological polar surface area (TPSA) is 73.9 Å². The van der Waals surface area contributed by atoms with Crippen LogP contribution in [-0.2, 0) is 4.79 Å². The first kappa shape index (κ1) is 20.9. The van der Waals surface area contributed by atoms with Crippen LogP contribution < -0.4 is 19.5 Å². The van der Waals surface area contributed by atoms with Gasteiger partial charge < -0.3 is 19.5 Å². The Kier molecular flexibility index (Phi) is 6.70. The molecule has 0 saturated carbocycles. The Hall–Kier alpha value is -3.80. The smallest absolute Gasteiger partial charge is 0.270 e. The van der Waals surface area contributed by atoms with Gasteiger partial charge in [0.05, 0.1) is 14.2 Å². The van der Waals surface area contributed by atoms with E-state index in [0.29, 0.717) is 34.1 Å². The van der Waals surface area contributed by atoms with Crippen molar-refractivity contribution >= 4 is 17.4 Å². The van der Waals surface area contributed by atoms with Crippen LogP contribution >= 0.6 is 0 Å². The summed E-state index contributed by atoms with van der Waals surface area (Å²) in [6.45, 7) is 1.48. The molecule has 0 heterocycles. The van der Waals surface area contributed by atoms with E-state index >= 15 is 0 Å². The molecule has 6 nitrogen and oxygen atoms in total. The van der Waals surface area contributed by atoms with Crippen LogP contribution in [0.15, 0.2) is 72.8 Å². The fourth-order valence-corrected chi connectivity index (χ4v) is 2.92. The Balaban J connectivity index is 1.92. The second-order valence-electron chi connectivity index (χ2n) is 6.55. The minimum atomic E-state index is -0.936. The SMILES string of the molecule is COc1cccc(NC(=O)[C@H](Oc2ccc(C(C)=O)cc2OC)c2ccccc2)c1. The van der Waals surface area contributed by atoms with E-state index in [-0.39, 0.29) is 11.7 Å². The van der Waals surface area contributed by atoms with Gasteiger partial charge in [-0.25, -0.2) is 0 Å². The summed E-state index contributed by atoms with van der Waals surface area (Å²) in [5, 5.41) is 2.86. The van der Waals surface area contributed by atoms with Crippen molar-refractivity contribution in [3.05, 3.63) is 83.9 Å². The second-order valence-corrected chi connectivity index (χ2v) is 6.55. The van der Waals surface area contributed by atoms with Crippen molar-refractivity contribution in [2.75, 3.05) is 19.5 Å². The van der Waals surface area contributed by atoms with Crippen molar-refractivity contribution in [2.45, 2.75) is 13.0 Å². The first-order valence-corrected chi connectivity index (χ1v) is 9.37. The van der Waals surface area contributed by atoms with E-state index in [1.807, 2.05) is 30.3 Å². The maximum Gasteiger partial charge on any atom is 0.270 e. The van der Waals surface area contributed by atoms with Crippen LogP contribution in [-0.4, -0.2) is 25.9 Å². The molecule has 0 aliphatic carbocycles. The van der Waals surface area contributed by atoms with E-state index in [1.165, 1.54) is 14.0 Å². The molecule has 0 aromatic heterocycles. The molecule has 0 saturated heterocycles. The molecule has 1 amide bonds. The minimum Gasteiger partial charge on any atom is -0.497 e. The van der Waals surface area contributed by atoms with Gasteiger partial charge in [-0.3, -0.25) is 9.59 Å². The Morgan fingerprint density at radius 3 is 2.27 bits per heavy atom. The van der Waals surface area contributed by atoms with Gasteiger partial charge in [-0.05, 0) is 37.3 Å². The minimum absolute atomic E-state index is 0.0878. The number of ether oxygens (including phenoxy) is 3. The number of nitrogens with one attached hydrogen (secondary N) is 1. The molecule has 1 N–H and O–H groups in total.